The van der Waals surface area contributed by atoms with Gasteiger partial charge in [0.15, 0.2) is 0 Å². The van der Waals surface area contributed by atoms with E-state index in [0.717, 1.165) is 11.6 Å². The van der Waals surface area contributed by atoms with E-state index in [4.69, 9.17) is 0 Å². The molecule has 0 N–H and O–H groups in total. The van der Waals surface area contributed by atoms with Gasteiger partial charge in [-0.2, -0.15) is 4.31 Å². The fraction of sp³-hybridized carbons (Fsp3) is 0.0500. The number of amides is 1. The van der Waals surface area contributed by atoms with Crippen molar-refractivity contribution in [2.75, 3.05) is 4.31 Å². The first-order chi connectivity index (χ1) is 12.4. The van der Waals surface area contributed by atoms with Crippen LogP contribution in [0.1, 0.15) is 15.9 Å². The SMILES string of the molecule is Cc1ccc(S(=O)(=O)N(C(=O)c2ccccc2F)c2ccccc2)cc1. The number of carbonyl (C=O) groups excluding carboxylic acids is 1. The molecule has 0 spiro atoms. The highest BCUT2D eigenvalue weighted by Gasteiger charge is 2.32. The van der Waals surface area contributed by atoms with Crippen molar-refractivity contribution in [3.63, 3.8) is 0 Å². The lowest BCUT2D eigenvalue weighted by Crippen LogP contribution is -2.37. The van der Waals surface area contributed by atoms with Crippen LogP contribution in [0.3, 0.4) is 0 Å². The number of halogens is 1. The van der Waals surface area contributed by atoms with Crippen LogP contribution < -0.4 is 4.31 Å². The summed E-state index contributed by atoms with van der Waals surface area (Å²) in [6, 6.07) is 19.3. The van der Waals surface area contributed by atoms with Gasteiger partial charge in [-0.1, -0.05) is 48.0 Å². The van der Waals surface area contributed by atoms with Crippen molar-refractivity contribution in [1.29, 1.82) is 0 Å². The second-order valence-electron chi connectivity index (χ2n) is 5.70. The third-order valence-electron chi connectivity index (χ3n) is 3.84. The van der Waals surface area contributed by atoms with Crippen molar-refractivity contribution in [3.05, 3.63) is 95.8 Å². The first kappa shape index (κ1) is 17.8. The van der Waals surface area contributed by atoms with E-state index >= 15 is 0 Å². The molecule has 3 aromatic carbocycles. The van der Waals surface area contributed by atoms with Gasteiger partial charge in [0.1, 0.15) is 5.82 Å². The second kappa shape index (κ2) is 7.09. The van der Waals surface area contributed by atoms with Gasteiger partial charge >= 0.3 is 0 Å². The van der Waals surface area contributed by atoms with Crippen LogP contribution in [0.4, 0.5) is 10.1 Å². The number of para-hydroxylation sites is 1. The lowest BCUT2D eigenvalue weighted by Gasteiger charge is -2.23. The normalized spacial score (nSPS) is 11.2. The van der Waals surface area contributed by atoms with Crippen molar-refractivity contribution >= 4 is 21.6 Å². The van der Waals surface area contributed by atoms with Gasteiger partial charge in [-0.25, -0.2) is 12.8 Å². The Morgan fingerprint density at radius 3 is 2.04 bits per heavy atom. The smallest absolute Gasteiger partial charge is 0.267 e. The van der Waals surface area contributed by atoms with Crippen molar-refractivity contribution in [2.24, 2.45) is 0 Å². The molecule has 132 valence electrons. The van der Waals surface area contributed by atoms with Crippen LogP contribution in [0.15, 0.2) is 83.8 Å². The molecule has 0 aliphatic heterocycles. The van der Waals surface area contributed by atoms with E-state index in [1.165, 1.54) is 42.5 Å². The number of rotatable bonds is 4. The second-order valence-corrected chi connectivity index (χ2v) is 7.49. The fourth-order valence-corrected chi connectivity index (χ4v) is 3.90. The molecule has 0 aliphatic rings. The van der Waals surface area contributed by atoms with Crippen molar-refractivity contribution in [3.8, 4) is 0 Å². The molecule has 4 nitrogen and oxygen atoms in total. The van der Waals surface area contributed by atoms with Crippen LogP contribution in [0.2, 0.25) is 0 Å². The Morgan fingerprint density at radius 1 is 0.846 bits per heavy atom. The first-order valence-corrected chi connectivity index (χ1v) is 9.31. The molecule has 0 aliphatic carbocycles. The zero-order valence-corrected chi connectivity index (χ0v) is 14.8. The average molecular weight is 369 g/mol. The molecular weight excluding hydrogens is 353 g/mol. The highest BCUT2D eigenvalue weighted by Crippen LogP contribution is 2.26. The molecular formula is C20H16FNO3S. The van der Waals surface area contributed by atoms with E-state index in [-0.39, 0.29) is 16.1 Å². The number of hydrogen-bond donors (Lipinski definition) is 0. The number of nitrogens with zero attached hydrogens (tertiary/aromatic N) is 1. The minimum atomic E-state index is -4.22. The predicted molar refractivity (Wildman–Crippen MR) is 98.0 cm³/mol. The molecule has 6 heteroatoms. The molecule has 0 atom stereocenters. The Morgan fingerprint density at radius 2 is 1.42 bits per heavy atom. The van der Waals surface area contributed by atoms with E-state index in [2.05, 4.69) is 0 Å². The van der Waals surface area contributed by atoms with E-state index in [1.54, 1.807) is 30.3 Å². The fourth-order valence-electron chi connectivity index (χ4n) is 2.49. The summed E-state index contributed by atoms with van der Waals surface area (Å²) in [4.78, 5) is 12.9. The maximum absolute atomic E-state index is 14.1. The molecule has 0 aromatic heterocycles. The van der Waals surface area contributed by atoms with Crippen molar-refractivity contribution in [2.45, 2.75) is 11.8 Å². The molecule has 0 radical (unpaired) electrons. The summed E-state index contributed by atoms with van der Waals surface area (Å²) in [5, 5.41) is 0. The van der Waals surface area contributed by atoms with E-state index in [1.807, 2.05) is 6.92 Å². The number of benzene rings is 3. The summed E-state index contributed by atoms with van der Waals surface area (Å²) >= 11 is 0. The first-order valence-electron chi connectivity index (χ1n) is 7.87. The lowest BCUT2D eigenvalue weighted by atomic mass is 10.2. The quantitative estimate of drug-likeness (QED) is 0.694. The molecule has 0 heterocycles. The molecule has 0 fully saturated rings. The zero-order chi connectivity index (χ0) is 18.7. The number of hydrogen-bond acceptors (Lipinski definition) is 3. The molecule has 0 saturated carbocycles. The molecule has 1 amide bonds. The Labute approximate surface area is 151 Å². The monoisotopic (exact) mass is 369 g/mol. The largest absolute Gasteiger partial charge is 0.275 e. The van der Waals surface area contributed by atoms with Gasteiger partial charge in [0.2, 0.25) is 0 Å². The van der Waals surface area contributed by atoms with Crippen molar-refractivity contribution in [1.82, 2.24) is 0 Å². The Bertz CT molecular complexity index is 1030. The van der Waals surface area contributed by atoms with E-state index < -0.39 is 21.7 Å². The van der Waals surface area contributed by atoms with Gasteiger partial charge in [-0.3, -0.25) is 4.79 Å². The summed E-state index contributed by atoms with van der Waals surface area (Å²) in [5.74, 6) is -1.73. The van der Waals surface area contributed by atoms with Gasteiger partial charge in [-0.15, -0.1) is 0 Å². The Hall–Kier alpha value is -2.99. The average Bonchev–Trinajstić information content (AvgIpc) is 2.63. The molecule has 0 bridgehead atoms. The van der Waals surface area contributed by atoms with E-state index in [9.17, 15) is 17.6 Å². The number of anilines is 1. The van der Waals surface area contributed by atoms with Gasteiger partial charge in [-0.05, 0) is 43.3 Å². The van der Waals surface area contributed by atoms with Crippen LogP contribution in [0.5, 0.6) is 0 Å². The zero-order valence-electron chi connectivity index (χ0n) is 14.0. The molecule has 0 saturated heterocycles. The van der Waals surface area contributed by atoms with Crippen LogP contribution >= 0.6 is 0 Å². The highest BCUT2D eigenvalue weighted by molar-refractivity contribution is 7.93. The van der Waals surface area contributed by atoms with Gasteiger partial charge in [0, 0.05) is 0 Å². The van der Waals surface area contributed by atoms with Crippen LogP contribution in [0, 0.1) is 12.7 Å². The minimum Gasteiger partial charge on any atom is -0.267 e. The Balaban J connectivity index is 2.18. The number of aryl methyl sites for hydroxylation is 1. The summed E-state index contributed by atoms with van der Waals surface area (Å²) in [5.41, 5.74) is 0.712. The minimum absolute atomic E-state index is 0.0448. The van der Waals surface area contributed by atoms with Gasteiger partial charge in [0.05, 0.1) is 16.1 Å². The number of sulfonamides is 1. The molecule has 0 unspecified atom stereocenters. The van der Waals surface area contributed by atoms with Crippen LogP contribution in [0.25, 0.3) is 0 Å². The van der Waals surface area contributed by atoms with Crippen LogP contribution in [-0.4, -0.2) is 14.3 Å². The Kier molecular flexibility index (Phi) is 4.86. The lowest BCUT2D eigenvalue weighted by molar-refractivity contribution is 0.100. The van der Waals surface area contributed by atoms with Crippen LogP contribution in [-0.2, 0) is 10.0 Å². The predicted octanol–water partition coefficient (Wildman–Crippen LogP) is 4.17. The number of carbonyl (C=O) groups is 1. The topological polar surface area (TPSA) is 54.5 Å². The summed E-state index contributed by atoms with van der Waals surface area (Å²) in [7, 11) is -4.22. The van der Waals surface area contributed by atoms with E-state index in [0.29, 0.717) is 4.31 Å². The summed E-state index contributed by atoms with van der Waals surface area (Å²) in [6.07, 6.45) is 0. The standard InChI is InChI=1S/C20H16FNO3S/c1-15-11-13-17(14-12-15)26(24,25)22(16-7-3-2-4-8-16)20(23)18-9-5-6-10-19(18)21/h2-14H,1H3. The maximum atomic E-state index is 14.1. The van der Waals surface area contributed by atoms with Gasteiger partial charge < -0.3 is 0 Å². The van der Waals surface area contributed by atoms with Crippen molar-refractivity contribution < 1.29 is 17.6 Å². The maximum Gasteiger partial charge on any atom is 0.275 e. The van der Waals surface area contributed by atoms with Gasteiger partial charge in [0.25, 0.3) is 15.9 Å². The molecule has 3 rings (SSSR count). The molecule has 26 heavy (non-hydrogen) atoms. The molecule has 3 aromatic rings. The summed E-state index contributed by atoms with van der Waals surface area (Å²) in [6.45, 7) is 1.83. The third kappa shape index (κ3) is 3.36. The highest BCUT2D eigenvalue weighted by atomic mass is 32.2. The third-order valence-corrected chi connectivity index (χ3v) is 5.56. The summed E-state index contributed by atoms with van der Waals surface area (Å²) < 4.78 is 41.1.